The lowest BCUT2D eigenvalue weighted by atomic mass is 10.3. The van der Waals surface area contributed by atoms with Crippen LogP contribution < -0.4 is 0 Å². The molecule has 0 saturated heterocycles. The second-order valence-electron chi connectivity index (χ2n) is 2.98. The predicted molar refractivity (Wildman–Crippen MR) is 47.2 cm³/mol. The molecule has 0 aliphatic carbocycles. The quantitative estimate of drug-likeness (QED) is 0.547. The first-order chi connectivity index (χ1) is 5.63. The fourth-order valence-electron chi connectivity index (χ4n) is 0.661. The van der Waals surface area contributed by atoms with Gasteiger partial charge in [-0.1, -0.05) is 0 Å². The number of hydrogen-bond donors (Lipinski definition) is 0. The number of carbonyl (C=O) groups is 1. The maximum absolute atomic E-state index is 10.5. The smallest absolute Gasteiger partial charge is 0.132 e. The number of hydrogen-bond acceptors (Lipinski definition) is 3. The van der Waals surface area contributed by atoms with E-state index in [0.29, 0.717) is 26.2 Å². The molecule has 0 rings (SSSR count). The molecule has 0 fully saturated rings. The van der Waals surface area contributed by atoms with Crippen molar-refractivity contribution in [2.24, 2.45) is 0 Å². The van der Waals surface area contributed by atoms with Crippen LogP contribution in [-0.2, 0) is 14.3 Å². The Balaban J connectivity index is 2.96. The average Bonchev–Trinajstić information content (AvgIpc) is 1.95. The molecule has 0 radical (unpaired) electrons. The van der Waals surface area contributed by atoms with Gasteiger partial charge in [-0.3, -0.25) is 4.79 Å². The first kappa shape index (κ1) is 11.6. The molecule has 3 nitrogen and oxygen atoms in total. The van der Waals surface area contributed by atoms with Gasteiger partial charge in [0.2, 0.25) is 0 Å². The first-order valence-electron chi connectivity index (χ1n) is 4.31. The van der Waals surface area contributed by atoms with Gasteiger partial charge in [-0.25, -0.2) is 0 Å². The molecular weight excluding hydrogens is 156 g/mol. The third-order valence-corrected chi connectivity index (χ3v) is 1.28. The molecule has 0 spiro atoms. The van der Waals surface area contributed by atoms with Gasteiger partial charge in [-0.05, 0) is 20.8 Å². The van der Waals surface area contributed by atoms with Crippen LogP contribution in [0.25, 0.3) is 0 Å². The molecule has 0 heterocycles. The molecule has 0 aromatic carbocycles. The maximum Gasteiger partial charge on any atom is 0.132 e. The van der Waals surface area contributed by atoms with Crippen LogP contribution in [0.3, 0.4) is 0 Å². The summed E-state index contributed by atoms with van der Waals surface area (Å²) in [7, 11) is 0. The van der Waals surface area contributed by atoms with Gasteiger partial charge in [0.1, 0.15) is 5.78 Å². The minimum atomic E-state index is 0.166. The first-order valence-corrected chi connectivity index (χ1v) is 4.31. The van der Waals surface area contributed by atoms with E-state index in [0.717, 1.165) is 0 Å². The monoisotopic (exact) mass is 174 g/mol. The predicted octanol–water partition coefficient (Wildman–Crippen LogP) is 1.41. The molecule has 0 aliphatic rings. The van der Waals surface area contributed by atoms with Crippen molar-refractivity contribution >= 4 is 5.78 Å². The number of Topliss-reactive ketones (excluding diaryl/α,β-unsaturated/α-hetero) is 1. The van der Waals surface area contributed by atoms with Gasteiger partial charge in [-0.15, -0.1) is 0 Å². The molecule has 0 aromatic heterocycles. The highest BCUT2D eigenvalue weighted by Gasteiger charge is 1.94. The zero-order valence-corrected chi connectivity index (χ0v) is 8.13. The lowest BCUT2D eigenvalue weighted by Gasteiger charge is -2.07. The molecule has 12 heavy (non-hydrogen) atoms. The molecule has 0 N–H and O–H groups in total. The largest absolute Gasteiger partial charge is 0.379 e. The summed E-state index contributed by atoms with van der Waals surface area (Å²) in [5.41, 5.74) is 0. The molecular formula is C9H18O3. The zero-order chi connectivity index (χ0) is 9.40. The topological polar surface area (TPSA) is 35.5 Å². The van der Waals surface area contributed by atoms with Crippen LogP contribution in [0.15, 0.2) is 0 Å². The highest BCUT2D eigenvalue weighted by Crippen LogP contribution is 1.88. The summed E-state index contributed by atoms with van der Waals surface area (Å²) in [4.78, 5) is 10.5. The highest BCUT2D eigenvalue weighted by molar-refractivity contribution is 5.75. The Bertz CT molecular complexity index is 121. The van der Waals surface area contributed by atoms with E-state index in [1.165, 1.54) is 0 Å². The zero-order valence-electron chi connectivity index (χ0n) is 8.13. The Morgan fingerprint density at radius 1 is 1.25 bits per heavy atom. The van der Waals surface area contributed by atoms with E-state index >= 15 is 0 Å². The molecule has 0 unspecified atom stereocenters. The van der Waals surface area contributed by atoms with Crippen molar-refractivity contribution in [3.63, 3.8) is 0 Å². The van der Waals surface area contributed by atoms with Crippen LogP contribution in [0.2, 0.25) is 0 Å². The van der Waals surface area contributed by atoms with Gasteiger partial charge in [0, 0.05) is 6.42 Å². The number of rotatable bonds is 7. The SMILES string of the molecule is CC(=O)CCOCCOC(C)C. The van der Waals surface area contributed by atoms with E-state index in [-0.39, 0.29) is 11.9 Å². The minimum absolute atomic E-state index is 0.166. The summed E-state index contributed by atoms with van der Waals surface area (Å²) in [5, 5.41) is 0. The van der Waals surface area contributed by atoms with Crippen molar-refractivity contribution in [3.05, 3.63) is 0 Å². The van der Waals surface area contributed by atoms with E-state index in [4.69, 9.17) is 9.47 Å². The van der Waals surface area contributed by atoms with Gasteiger partial charge in [0.15, 0.2) is 0 Å². The van der Waals surface area contributed by atoms with E-state index in [2.05, 4.69) is 0 Å². The highest BCUT2D eigenvalue weighted by atomic mass is 16.5. The standard InChI is InChI=1S/C9H18O3/c1-8(2)12-7-6-11-5-4-9(3)10/h8H,4-7H2,1-3H3. The molecule has 3 heteroatoms. The lowest BCUT2D eigenvalue weighted by Crippen LogP contribution is -2.10. The van der Waals surface area contributed by atoms with E-state index in [1.54, 1.807) is 6.92 Å². The van der Waals surface area contributed by atoms with Crippen molar-refractivity contribution < 1.29 is 14.3 Å². The summed E-state index contributed by atoms with van der Waals surface area (Å²) in [6.45, 7) is 7.22. The Kier molecular flexibility index (Phi) is 7.00. The van der Waals surface area contributed by atoms with Crippen molar-refractivity contribution in [1.29, 1.82) is 0 Å². The van der Waals surface area contributed by atoms with Gasteiger partial charge < -0.3 is 9.47 Å². The number of ketones is 1. The van der Waals surface area contributed by atoms with Crippen LogP contribution in [0.5, 0.6) is 0 Å². The second-order valence-corrected chi connectivity index (χ2v) is 2.98. The van der Waals surface area contributed by atoms with E-state index in [9.17, 15) is 4.79 Å². The van der Waals surface area contributed by atoms with Gasteiger partial charge in [0.05, 0.1) is 25.9 Å². The number of ether oxygens (including phenoxy) is 2. The van der Waals surface area contributed by atoms with Gasteiger partial charge in [0.25, 0.3) is 0 Å². The second kappa shape index (κ2) is 7.25. The molecule has 0 saturated carbocycles. The molecule has 72 valence electrons. The average molecular weight is 174 g/mol. The third kappa shape index (κ3) is 9.59. The summed E-state index contributed by atoms with van der Waals surface area (Å²) >= 11 is 0. The Morgan fingerprint density at radius 2 is 1.92 bits per heavy atom. The van der Waals surface area contributed by atoms with Crippen LogP contribution >= 0.6 is 0 Å². The fraction of sp³-hybridized carbons (Fsp3) is 0.889. The summed E-state index contributed by atoms with van der Waals surface area (Å²) in [6, 6.07) is 0. The number of carbonyl (C=O) groups excluding carboxylic acids is 1. The van der Waals surface area contributed by atoms with Gasteiger partial charge in [-0.2, -0.15) is 0 Å². The summed E-state index contributed by atoms with van der Waals surface area (Å²) in [5.74, 6) is 0.166. The third-order valence-electron chi connectivity index (χ3n) is 1.28. The molecule has 0 aromatic rings. The summed E-state index contributed by atoms with van der Waals surface area (Å²) < 4.78 is 10.4. The van der Waals surface area contributed by atoms with E-state index in [1.807, 2.05) is 13.8 Å². The Morgan fingerprint density at radius 3 is 2.42 bits per heavy atom. The van der Waals surface area contributed by atoms with Crippen molar-refractivity contribution in [1.82, 2.24) is 0 Å². The van der Waals surface area contributed by atoms with Crippen LogP contribution in [0, 0.1) is 0 Å². The summed E-state index contributed by atoms with van der Waals surface area (Å²) in [6.07, 6.45) is 0.753. The van der Waals surface area contributed by atoms with Crippen LogP contribution in [0.4, 0.5) is 0 Å². The molecule has 0 atom stereocenters. The maximum atomic E-state index is 10.5. The molecule has 0 bridgehead atoms. The Hall–Kier alpha value is -0.410. The van der Waals surface area contributed by atoms with Crippen molar-refractivity contribution in [2.45, 2.75) is 33.3 Å². The van der Waals surface area contributed by atoms with Gasteiger partial charge >= 0.3 is 0 Å². The lowest BCUT2D eigenvalue weighted by molar-refractivity contribution is -0.118. The normalized spacial score (nSPS) is 10.7. The Labute approximate surface area is 74.0 Å². The minimum Gasteiger partial charge on any atom is -0.379 e. The van der Waals surface area contributed by atoms with Crippen molar-refractivity contribution in [2.75, 3.05) is 19.8 Å². The van der Waals surface area contributed by atoms with Crippen LogP contribution in [0.1, 0.15) is 27.2 Å². The fourth-order valence-corrected chi connectivity index (χ4v) is 0.661. The van der Waals surface area contributed by atoms with Crippen molar-refractivity contribution in [3.8, 4) is 0 Å². The van der Waals surface area contributed by atoms with E-state index < -0.39 is 0 Å². The van der Waals surface area contributed by atoms with Crippen LogP contribution in [-0.4, -0.2) is 31.7 Å². The molecule has 0 aliphatic heterocycles. The molecule has 0 amide bonds.